The second-order valence-electron chi connectivity index (χ2n) is 5.63. The van der Waals surface area contributed by atoms with E-state index < -0.39 is 0 Å². The van der Waals surface area contributed by atoms with Gasteiger partial charge in [-0.05, 0) is 18.6 Å². The van der Waals surface area contributed by atoms with Gasteiger partial charge in [0.1, 0.15) is 5.01 Å². The van der Waals surface area contributed by atoms with Crippen molar-refractivity contribution in [2.45, 2.75) is 31.9 Å². The van der Waals surface area contributed by atoms with Gasteiger partial charge in [-0.3, -0.25) is 10.1 Å². The van der Waals surface area contributed by atoms with Crippen LogP contribution in [0.3, 0.4) is 0 Å². The molecular weight excluding hydrogens is 358 g/mol. The van der Waals surface area contributed by atoms with E-state index in [-0.39, 0.29) is 17.6 Å². The van der Waals surface area contributed by atoms with Gasteiger partial charge in [-0.15, -0.1) is 20.4 Å². The highest BCUT2D eigenvalue weighted by molar-refractivity contribution is 7.99. The van der Waals surface area contributed by atoms with E-state index in [1.807, 2.05) is 45.0 Å². The fourth-order valence-electron chi connectivity index (χ4n) is 1.99. The minimum absolute atomic E-state index is 0.159. The van der Waals surface area contributed by atoms with Gasteiger partial charge in [0.2, 0.25) is 16.9 Å². The molecule has 0 saturated heterocycles. The van der Waals surface area contributed by atoms with Gasteiger partial charge in [0, 0.05) is 11.5 Å². The Morgan fingerprint density at radius 2 is 2.04 bits per heavy atom. The smallest absolute Gasteiger partial charge is 0.277 e. The van der Waals surface area contributed by atoms with Crippen LogP contribution in [0.5, 0.6) is 0 Å². The number of rotatable bonds is 6. The van der Waals surface area contributed by atoms with Gasteiger partial charge < -0.3 is 4.42 Å². The van der Waals surface area contributed by atoms with Crippen LogP contribution in [-0.4, -0.2) is 32.1 Å². The van der Waals surface area contributed by atoms with E-state index >= 15 is 0 Å². The van der Waals surface area contributed by atoms with Crippen molar-refractivity contribution in [3.05, 3.63) is 34.8 Å². The number of carbonyl (C=O) groups is 1. The summed E-state index contributed by atoms with van der Waals surface area (Å²) in [5.74, 6) is 0.709. The zero-order valence-corrected chi connectivity index (χ0v) is 15.6. The van der Waals surface area contributed by atoms with Crippen molar-refractivity contribution >= 4 is 34.1 Å². The number of hydrogen-bond donors (Lipinski definition) is 1. The predicted octanol–water partition coefficient (Wildman–Crippen LogP) is 3.75. The number of aryl methyl sites for hydroxylation is 1. The zero-order valence-electron chi connectivity index (χ0n) is 14.0. The van der Waals surface area contributed by atoms with Crippen LogP contribution in [0.2, 0.25) is 0 Å². The molecule has 0 fully saturated rings. The van der Waals surface area contributed by atoms with Crippen LogP contribution in [0.1, 0.15) is 30.3 Å². The lowest BCUT2D eigenvalue weighted by Gasteiger charge is -1.99. The third kappa shape index (κ3) is 4.43. The number of nitrogens with zero attached hydrogens (tertiary/aromatic N) is 4. The number of nitrogens with one attached hydrogen (secondary N) is 1. The molecule has 0 radical (unpaired) electrons. The maximum absolute atomic E-state index is 12.0. The van der Waals surface area contributed by atoms with Gasteiger partial charge in [0.25, 0.3) is 5.22 Å². The first-order valence-corrected chi connectivity index (χ1v) is 9.48. The molecule has 1 N–H and O–H groups in total. The van der Waals surface area contributed by atoms with Gasteiger partial charge >= 0.3 is 0 Å². The summed E-state index contributed by atoms with van der Waals surface area (Å²) >= 11 is 2.57. The van der Waals surface area contributed by atoms with E-state index in [0.29, 0.717) is 16.2 Å². The fraction of sp³-hybridized carbons (Fsp3) is 0.312. The number of hydrogen-bond acceptors (Lipinski definition) is 8. The summed E-state index contributed by atoms with van der Waals surface area (Å²) < 4.78 is 5.62. The number of aromatic nitrogens is 4. The van der Waals surface area contributed by atoms with E-state index in [9.17, 15) is 4.79 Å². The molecule has 0 spiro atoms. The summed E-state index contributed by atoms with van der Waals surface area (Å²) in [5, 5.41) is 20.5. The molecule has 0 saturated carbocycles. The van der Waals surface area contributed by atoms with Crippen molar-refractivity contribution < 1.29 is 9.21 Å². The Labute approximate surface area is 153 Å². The minimum Gasteiger partial charge on any atom is -0.411 e. The number of carbonyl (C=O) groups excluding carboxylic acids is 1. The lowest BCUT2D eigenvalue weighted by Crippen LogP contribution is -2.13. The lowest BCUT2D eigenvalue weighted by atomic mass is 10.1. The molecule has 0 aliphatic heterocycles. The highest BCUT2D eigenvalue weighted by Gasteiger charge is 2.14. The zero-order chi connectivity index (χ0) is 17.8. The topological polar surface area (TPSA) is 93.8 Å². The van der Waals surface area contributed by atoms with Crippen LogP contribution in [0.25, 0.3) is 11.5 Å². The quantitative estimate of drug-likeness (QED) is 0.656. The molecule has 1 aromatic carbocycles. The summed E-state index contributed by atoms with van der Waals surface area (Å²) in [6.45, 7) is 6.04. The van der Waals surface area contributed by atoms with E-state index in [4.69, 9.17) is 4.42 Å². The average molecular weight is 375 g/mol. The summed E-state index contributed by atoms with van der Waals surface area (Å²) in [6.07, 6.45) is 0. The van der Waals surface area contributed by atoms with Crippen LogP contribution >= 0.6 is 23.1 Å². The van der Waals surface area contributed by atoms with Crippen molar-refractivity contribution in [3.8, 4) is 11.5 Å². The summed E-state index contributed by atoms with van der Waals surface area (Å²) in [5.41, 5.74) is 1.94. The second-order valence-corrected chi connectivity index (χ2v) is 7.56. The number of thioether (sulfide) groups is 1. The van der Waals surface area contributed by atoms with Gasteiger partial charge in [-0.25, -0.2) is 0 Å². The molecular formula is C16H17N5O2S2. The number of benzene rings is 1. The second kappa shape index (κ2) is 7.75. The monoisotopic (exact) mass is 375 g/mol. The Balaban J connectivity index is 1.56. The highest BCUT2D eigenvalue weighted by Crippen LogP contribution is 2.26. The Hall–Kier alpha value is -2.26. The van der Waals surface area contributed by atoms with Crippen LogP contribution in [0.4, 0.5) is 5.13 Å². The van der Waals surface area contributed by atoms with Crippen molar-refractivity contribution in [1.82, 2.24) is 20.4 Å². The average Bonchev–Trinajstić information content (AvgIpc) is 3.23. The van der Waals surface area contributed by atoms with Gasteiger partial charge in [-0.1, -0.05) is 55.1 Å². The minimum atomic E-state index is -0.188. The van der Waals surface area contributed by atoms with Crippen LogP contribution in [0, 0.1) is 6.92 Å². The molecule has 2 aromatic heterocycles. The molecule has 0 aliphatic carbocycles. The first kappa shape index (κ1) is 17.6. The van der Waals surface area contributed by atoms with E-state index in [1.165, 1.54) is 23.1 Å². The molecule has 0 atom stereocenters. The maximum atomic E-state index is 12.0. The molecule has 1 amide bonds. The molecule has 0 aliphatic rings. The van der Waals surface area contributed by atoms with E-state index in [2.05, 4.69) is 25.7 Å². The molecule has 3 rings (SSSR count). The normalized spacial score (nSPS) is 11.0. The Kier molecular flexibility index (Phi) is 5.44. The Morgan fingerprint density at radius 3 is 2.76 bits per heavy atom. The van der Waals surface area contributed by atoms with Gasteiger partial charge in [0.15, 0.2) is 0 Å². The third-order valence-corrected chi connectivity index (χ3v) is 5.25. The Bertz CT molecular complexity index is 875. The van der Waals surface area contributed by atoms with Gasteiger partial charge in [-0.2, -0.15) is 0 Å². The standard InChI is InChI=1S/C16H17N5O2S2/c1-9(2)14-19-20-15(25-14)17-12(22)8-24-16-21-18-13(23-16)11-7-5-4-6-10(11)3/h4-7,9H,8H2,1-3H3,(H,17,20,22). The number of anilines is 1. The molecule has 2 heterocycles. The summed E-state index contributed by atoms with van der Waals surface area (Å²) in [7, 11) is 0. The van der Waals surface area contributed by atoms with Crippen molar-refractivity contribution in [1.29, 1.82) is 0 Å². The molecule has 9 heteroatoms. The van der Waals surface area contributed by atoms with Crippen LogP contribution in [-0.2, 0) is 4.79 Å². The first-order valence-electron chi connectivity index (χ1n) is 7.68. The summed E-state index contributed by atoms with van der Waals surface area (Å²) in [4.78, 5) is 12.0. The number of amides is 1. The van der Waals surface area contributed by atoms with E-state index in [0.717, 1.165) is 16.1 Å². The largest absolute Gasteiger partial charge is 0.411 e. The summed E-state index contributed by atoms with van der Waals surface area (Å²) in [6, 6.07) is 7.77. The molecule has 25 heavy (non-hydrogen) atoms. The fourth-order valence-corrected chi connectivity index (χ4v) is 3.32. The van der Waals surface area contributed by atoms with Crippen molar-refractivity contribution in [3.63, 3.8) is 0 Å². The first-order chi connectivity index (χ1) is 12.0. The lowest BCUT2D eigenvalue weighted by molar-refractivity contribution is -0.113. The molecule has 7 nitrogen and oxygen atoms in total. The van der Waals surface area contributed by atoms with Crippen LogP contribution < -0.4 is 5.32 Å². The maximum Gasteiger partial charge on any atom is 0.277 e. The Morgan fingerprint density at radius 1 is 1.24 bits per heavy atom. The molecule has 0 bridgehead atoms. The van der Waals surface area contributed by atoms with Gasteiger partial charge in [0.05, 0.1) is 5.75 Å². The van der Waals surface area contributed by atoms with Crippen molar-refractivity contribution in [2.75, 3.05) is 11.1 Å². The highest BCUT2D eigenvalue weighted by atomic mass is 32.2. The molecule has 3 aromatic rings. The van der Waals surface area contributed by atoms with Crippen molar-refractivity contribution in [2.24, 2.45) is 0 Å². The van der Waals surface area contributed by atoms with E-state index in [1.54, 1.807) is 0 Å². The predicted molar refractivity (Wildman–Crippen MR) is 97.8 cm³/mol. The van der Waals surface area contributed by atoms with Crippen LogP contribution in [0.15, 0.2) is 33.9 Å². The molecule has 130 valence electrons. The molecule has 0 unspecified atom stereocenters. The third-order valence-electron chi connectivity index (χ3n) is 3.29. The SMILES string of the molecule is Cc1ccccc1-c1nnc(SCC(=O)Nc2nnc(C(C)C)s2)o1.